The molecule has 1 saturated heterocycles. The molecule has 2 aliphatic rings. The van der Waals surface area contributed by atoms with E-state index in [0.717, 1.165) is 41.5 Å². The third-order valence-electron chi connectivity index (χ3n) is 6.68. The average molecular weight is 451 g/mol. The first-order valence-electron chi connectivity index (χ1n) is 11.6. The van der Waals surface area contributed by atoms with E-state index in [4.69, 9.17) is 9.84 Å². The van der Waals surface area contributed by atoms with Gasteiger partial charge in [-0.2, -0.15) is 0 Å². The van der Waals surface area contributed by atoms with Gasteiger partial charge < -0.3 is 14.7 Å². The largest absolute Gasteiger partial charge is 0.481 e. The predicted octanol–water partition coefficient (Wildman–Crippen LogP) is 4.11. The summed E-state index contributed by atoms with van der Waals surface area (Å²) < 4.78 is 5.70. The Kier molecular flexibility index (Phi) is 6.96. The molecule has 0 unspecified atom stereocenters. The number of amides is 2. The molecule has 4 rings (SSSR count). The van der Waals surface area contributed by atoms with Gasteiger partial charge in [-0.3, -0.25) is 14.5 Å². The van der Waals surface area contributed by atoms with E-state index >= 15 is 0 Å². The number of likely N-dealkylation sites (tertiary alicyclic amines) is 1. The van der Waals surface area contributed by atoms with Crippen LogP contribution >= 0.6 is 0 Å². The number of benzene rings is 2. The zero-order valence-electron chi connectivity index (χ0n) is 18.9. The first-order valence-corrected chi connectivity index (χ1v) is 11.6. The molecule has 7 heteroatoms. The van der Waals surface area contributed by atoms with Crippen LogP contribution in [0.2, 0.25) is 0 Å². The van der Waals surface area contributed by atoms with Gasteiger partial charge in [-0.25, -0.2) is 4.79 Å². The van der Waals surface area contributed by atoms with Crippen LogP contribution in [-0.2, 0) is 14.3 Å². The topological polar surface area (TPSA) is 87.1 Å². The van der Waals surface area contributed by atoms with Crippen molar-refractivity contribution in [1.82, 2.24) is 9.80 Å². The Labute approximate surface area is 193 Å². The van der Waals surface area contributed by atoms with Crippen molar-refractivity contribution in [2.24, 2.45) is 0 Å². The Balaban J connectivity index is 1.47. The number of carbonyl (C=O) groups excluding carboxylic acids is 2. The fourth-order valence-electron chi connectivity index (χ4n) is 4.89. The second kappa shape index (κ2) is 10.1. The highest BCUT2D eigenvalue weighted by molar-refractivity contribution is 5.86. The lowest BCUT2D eigenvalue weighted by molar-refractivity contribution is -0.139. The minimum Gasteiger partial charge on any atom is -0.481 e. The third-order valence-corrected chi connectivity index (χ3v) is 6.68. The molecule has 1 fully saturated rings. The number of carbonyl (C=O) groups is 3. The number of hydrogen-bond acceptors (Lipinski definition) is 4. The summed E-state index contributed by atoms with van der Waals surface area (Å²) in [4.78, 5) is 40.3. The smallest absolute Gasteiger partial charge is 0.410 e. The molecule has 2 aromatic rings. The number of fused-ring (bicyclic) bond motifs is 3. The van der Waals surface area contributed by atoms with Gasteiger partial charge in [-0.1, -0.05) is 48.5 Å². The van der Waals surface area contributed by atoms with Crippen molar-refractivity contribution in [1.29, 1.82) is 0 Å². The number of likely N-dealkylation sites (N-methyl/N-ethyl adjacent to an activating group) is 1. The van der Waals surface area contributed by atoms with Gasteiger partial charge >= 0.3 is 12.1 Å². The van der Waals surface area contributed by atoms with E-state index in [1.807, 2.05) is 36.4 Å². The minimum atomic E-state index is -0.993. The zero-order valence-corrected chi connectivity index (χ0v) is 18.9. The third kappa shape index (κ3) is 4.87. The van der Waals surface area contributed by atoms with Gasteiger partial charge in [0.05, 0.1) is 0 Å². The SMILES string of the molecule is CN(C(=O)OCC1c2ccccc2-c2ccccc21)[C@@H](CCC(=O)O)C(=O)N1CCCCC1. The molecule has 174 valence electrons. The molecule has 0 spiro atoms. The summed E-state index contributed by atoms with van der Waals surface area (Å²) in [5.41, 5.74) is 4.51. The molecule has 1 N–H and O–H groups in total. The number of aliphatic carboxylic acids is 1. The van der Waals surface area contributed by atoms with Crippen molar-refractivity contribution < 1.29 is 24.2 Å². The lowest BCUT2D eigenvalue weighted by atomic mass is 9.98. The number of carboxylic acids is 1. The maximum absolute atomic E-state index is 13.1. The van der Waals surface area contributed by atoms with E-state index in [1.165, 1.54) is 11.9 Å². The highest BCUT2D eigenvalue weighted by Crippen LogP contribution is 2.44. The summed E-state index contributed by atoms with van der Waals surface area (Å²) in [5, 5.41) is 9.15. The molecule has 0 saturated carbocycles. The number of ether oxygens (including phenoxy) is 1. The Bertz CT molecular complexity index is 985. The number of nitrogens with zero attached hydrogens (tertiary/aromatic N) is 2. The normalized spacial score (nSPS) is 16.0. The van der Waals surface area contributed by atoms with E-state index in [9.17, 15) is 14.4 Å². The Morgan fingerprint density at radius 3 is 2.15 bits per heavy atom. The van der Waals surface area contributed by atoms with E-state index < -0.39 is 18.1 Å². The van der Waals surface area contributed by atoms with Crippen molar-refractivity contribution in [2.45, 2.75) is 44.1 Å². The van der Waals surface area contributed by atoms with Crippen molar-refractivity contribution in [2.75, 3.05) is 26.7 Å². The molecule has 33 heavy (non-hydrogen) atoms. The molecule has 2 aromatic carbocycles. The van der Waals surface area contributed by atoms with Crippen LogP contribution in [0.4, 0.5) is 4.79 Å². The van der Waals surface area contributed by atoms with Crippen LogP contribution in [0.5, 0.6) is 0 Å². The first kappa shape index (κ1) is 22.8. The highest BCUT2D eigenvalue weighted by Gasteiger charge is 2.34. The summed E-state index contributed by atoms with van der Waals surface area (Å²) in [7, 11) is 1.52. The maximum atomic E-state index is 13.1. The molecule has 1 atom stereocenters. The van der Waals surface area contributed by atoms with E-state index in [1.54, 1.807) is 4.90 Å². The number of hydrogen-bond donors (Lipinski definition) is 1. The van der Waals surface area contributed by atoms with Crippen molar-refractivity contribution in [3.8, 4) is 11.1 Å². The fourth-order valence-corrected chi connectivity index (χ4v) is 4.89. The summed E-state index contributed by atoms with van der Waals surface area (Å²) in [5.74, 6) is -1.27. The summed E-state index contributed by atoms with van der Waals surface area (Å²) in [6.45, 7) is 1.43. The van der Waals surface area contributed by atoms with Crippen LogP contribution in [0.25, 0.3) is 11.1 Å². The van der Waals surface area contributed by atoms with E-state index in [2.05, 4.69) is 12.1 Å². The summed E-state index contributed by atoms with van der Waals surface area (Å²) in [6.07, 6.45) is 2.18. The number of rotatable bonds is 7. The molecule has 1 heterocycles. The van der Waals surface area contributed by atoms with Crippen LogP contribution in [-0.4, -0.2) is 65.7 Å². The maximum Gasteiger partial charge on any atom is 0.410 e. The van der Waals surface area contributed by atoms with Gasteiger partial charge in [0.1, 0.15) is 12.6 Å². The van der Waals surface area contributed by atoms with E-state index in [0.29, 0.717) is 13.1 Å². The average Bonchev–Trinajstić information content (AvgIpc) is 3.16. The van der Waals surface area contributed by atoms with Crippen LogP contribution in [0.3, 0.4) is 0 Å². The van der Waals surface area contributed by atoms with Crippen molar-refractivity contribution >= 4 is 18.0 Å². The second-order valence-electron chi connectivity index (χ2n) is 8.75. The van der Waals surface area contributed by atoms with Crippen LogP contribution < -0.4 is 0 Å². The molecule has 0 bridgehead atoms. The summed E-state index contributed by atoms with van der Waals surface area (Å²) in [6, 6.07) is 15.3. The quantitative estimate of drug-likeness (QED) is 0.686. The highest BCUT2D eigenvalue weighted by atomic mass is 16.6. The molecule has 0 aromatic heterocycles. The predicted molar refractivity (Wildman–Crippen MR) is 124 cm³/mol. The van der Waals surface area contributed by atoms with Crippen LogP contribution in [0.1, 0.15) is 49.1 Å². The fraction of sp³-hybridized carbons (Fsp3) is 0.423. The zero-order chi connectivity index (χ0) is 23.4. The van der Waals surface area contributed by atoms with Gasteiger partial charge in [-0.05, 0) is 47.9 Å². The Hall–Kier alpha value is -3.35. The van der Waals surface area contributed by atoms with Crippen LogP contribution in [0.15, 0.2) is 48.5 Å². The minimum absolute atomic E-state index is 0.0609. The molecule has 0 radical (unpaired) electrons. The van der Waals surface area contributed by atoms with Crippen molar-refractivity contribution in [3.63, 3.8) is 0 Å². The van der Waals surface area contributed by atoms with Gasteiger partial charge in [0.25, 0.3) is 0 Å². The van der Waals surface area contributed by atoms with Gasteiger partial charge in [0.15, 0.2) is 0 Å². The van der Waals surface area contributed by atoms with Gasteiger partial charge in [-0.15, -0.1) is 0 Å². The molecular weight excluding hydrogens is 420 g/mol. The monoisotopic (exact) mass is 450 g/mol. The number of piperidine rings is 1. The Morgan fingerprint density at radius 1 is 1.00 bits per heavy atom. The number of carboxylic acid groups (broad SMARTS) is 1. The lowest BCUT2D eigenvalue weighted by Crippen LogP contribution is -2.51. The molecule has 2 amide bonds. The molecule has 7 nitrogen and oxygen atoms in total. The van der Waals surface area contributed by atoms with E-state index in [-0.39, 0.29) is 31.3 Å². The molecule has 1 aliphatic carbocycles. The van der Waals surface area contributed by atoms with Crippen molar-refractivity contribution in [3.05, 3.63) is 59.7 Å². The van der Waals surface area contributed by atoms with Gasteiger partial charge in [0.2, 0.25) is 5.91 Å². The standard InChI is InChI=1S/C26H30N2O5/c1-27(23(13-14-24(29)30)25(31)28-15-7-2-8-16-28)26(32)33-17-22-20-11-5-3-9-18(20)19-10-4-6-12-21(19)22/h3-6,9-12,22-23H,2,7-8,13-17H2,1H3,(H,29,30)/t23-/m0/s1. The van der Waals surface area contributed by atoms with Gasteiger partial charge in [0, 0.05) is 32.5 Å². The molecule has 1 aliphatic heterocycles. The summed E-state index contributed by atoms with van der Waals surface area (Å²) >= 11 is 0. The second-order valence-corrected chi connectivity index (χ2v) is 8.75. The molecular formula is C26H30N2O5. The van der Waals surface area contributed by atoms with Crippen LogP contribution in [0, 0.1) is 0 Å². The first-order chi connectivity index (χ1) is 16.0. The lowest BCUT2D eigenvalue weighted by Gasteiger charge is -2.34. The Morgan fingerprint density at radius 2 is 1.58 bits per heavy atom.